The van der Waals surface area contributed by atoms with Crippen LogP contribution in [-0.4, -0.2) is 15.9 Å². The lowest BCUT2D eigenvalue weighted by Gasteiger charge is -2.27. The Kier molecular flexibility index (Phi) is 4.63. The van der Waals surface area contributed by atoms with Crippen LogP contribution in [0.1, 0.15) is 53.6 Å². The molecule has 0 unspecified atom stereocenters. The van der Waals surface area contributed by atoms with Crippen LogP contribution in [0.25, 0.3) is 10.9 Å². The van der Waals surface area contributed by atoms with Crippen LogP contribution in [0.5, 0.6) is 0 Å². The van der Waals surface area contributed by atoms with Gasteiger partial charge >= 0.3 is 0 Å². The molecule has 0 spiro atoms. The first-order valence-electron chi connectivity index (χ1n) is 10.5. The topological polar surface area (TPSA) is 69.5 Å². The summed E-state index contributed by atoms with van der Waals surface area (Å²) in [4.78, 5) is 19.9. The Morgan fingerprint density at radius 3 is 2.78 bits per heavy atom. The lowest BCUT2D eigenvalue weighted by Crippen LogP contribution is -2.23. The molecule has 2 aromatic heterocycles. The summed E-state index contributed by atoms with van der Waals surface area (Å²) in [6.07, 6.45) is 1.56. The quantitative estimate of drug-likeness (QED) is 0.548. The molecule has 4 atom stereocenters. The van der Waals surface area contributed by atoms with Crippen LogP contribution in [0.2, 0.25) is 0 Å². The Balaban J connectivity index is 1.70. The van der Waals surface area contributed by atoms with Gasteiger partial charge in [-0.3, -0.25) is 4.79 Å². The van der Waals surface area contributed by atoms with Gasteiger partial charge in [-0.2, -0.15) is 5.26 Å². The van der Waals surface area contributed by atoms with Crippen molar-refractivity contribution in [2.75, 3.05) is 0 Å². The molecule has 5 rings (SSSR count). The lowest BCUT2D eigenvalue weighted by atomic mass is 9.78. The van der Waals surface area contributed by atoms with Gasteiger partial charge in [0.2, 0.25) is 0 Å². The van der Waals surface area contributed by atoms with E-state index in [0.29, 0.717) is 16.8 Å². The average Bonchev–Trinajstić information content (AvgIpc) is 3.29. The third-order valence-electron chi connectivity index (χ3n) is 7.28. The second kappa shape index (κ2) is 7.16. The number of aromatic nitrogens is 2. The molecule has 32 heavy (non-hydrogen) atoms. The molecule has 0 radical (unpaired) electrons. The Labute approximate surface area is 180 Å². The molecular weight excluding hydrogens is 422 g/mol. The molecular formula is C24H19F4N3O. The minimum Gasteiger partial charge on any atom is -0.358 e. The van der Waals surface area contributed by atoms with Crippen molar-refractivity contribution in [3.8, 4) is 6.07 Å². The molecule has 0 aliphatic heterocycles. The summed E-state index contributed by atoms with van der Waals surface area (Å²) in [6.45, 7) is 1.46. The van der Waals surface area contributed by atoms with E-state index in [1.807, 2.05) is 6.07 Å². The zero-order valence-corrected chi connectivity index (χ0v) is 17.1. The molecule has 0 bridgehead atoms. The maximum atomic E-state index is 14.7. The molecule has 3 aromatic rings. The van der Waals surface area contributed by atoms with E-state index in [-0.39, 0.29) is 35.9 Å². The molecule has 2 heterocycles. The Morgan fingerprint density at radius 1 is 1.25 bits per heavy atom. The highest BCUT2D eigenvalue weighted by Gasteiger charge is 2.59. The number of halogens is 4. The van der Waals surface area contributed by atoms with E-state index in [9.17, 15) is 27.6 Å². The summed E-state index contributed by atoms with van der Waals surface area (Å²) in [5.74, 6) is -7.12. The zero-order valence-electron chi connectivity index (χ0n) is 17.1. The van der Waals surface area contributed by atoms with E-state index in [2.05, 4.69) is 9.97 Å². The van der Waals surface area contributed by atoms with Crippen molar-refractivity contribution >= 4 is 10.9 Å². The van der Waals surface area contributed by atoms with Crippen molar-refractivity contribution in [1.29, 1.82) is 5.26 Å². The fourth-order valence-corrected chi connectivity index (χ4v) is 5.86. The number of fused-ring (bicyclic) bond motifs is 2. The largest absolute Gasteiger partial charge is 0.358 e. The molecule has 2 saturated carbocycles. The van der Waals surface area contributed by atoms with Crippen molar-refractivity contribution < 1.29 is 17.6 Å². The number of benzene rings is 1. The zero-order chi connectivity index (χ0) is 22.8. The SMILES string of the molecule is Cc1c([C@@H]2[C@@H]3CCC(F)(F)[C@@H]3C[C@H]2c2cc(=O)c3c(C#N)nccc3[nH]2)ccc(F)c1F. The van der Waals surface area contributed by atoms with Gasteiger partial charge in [0.1, 0.15) is 6.07 Å². The van der Waals surface area contributed by atoms with Gasteiger partial charge in [0.25, 0.3) is 5.92 Å². The Bertz CT molecular complexity index is 1340. The molecule has 0 amide bonds. The number of H-pyrrole nitrogens is 1. The van der Waals surface area contributed by atoms with Gasteiger partial charge < -0.3 is 4.98 Å². The number of aromatic amines is 1. The van der Waals surface area contributed by atoms with E-state index >= 15 is 0 Å². The summed E-state index contributed by atoms with van der Waals surface area (Å²) in [7, 11) is 0. The van der Waals surface area contributed by atoms with E-state index in [4.69, 9.17) is 0 Å². The van der Waals surface area contributed by atoms with Crippen molar-refractivity contribution in [2.24, 2.45) is 11.8 Å². The Morgan fingerprint density at radius 2 is 2.03 bits per heavy atom. The number of nitriles is 1. The van der Waals surface area contributed by atoms with Crippen LogP contribution in [0.4, 0.5) is 17.6 Å². The van der Waals surface area contributed by atoms with Crippen molar-refractivity contribution in [3.63, 3.8) is 0 Å². The first kappa shape index (κ1) is 20.7. The second-order valence-corrected chi connectivity index (χ2v) is 8.80. The lowest BCUT2D eigenvalue weighted by molar-refractivity contribution is -0.0415. The van der Waals surface area contributed by atoms with Crippen LogP contribution in [-0.2, 0) is 0 Å². The summed E-state index contributed by atoms with van der Waals surface area (Å²) in [6, 6.07) is 7.28. The molecule has 8 heteroatoms. The number of alkyl halides is 2. The van der Waals surface area contributed by atoms with Gasteiger partial charge in [-0.1, -0.05) is 6.07 Å². The Hall–Kier alpha value is -3.21. The number of rotatable bonds is 2. The molecule has 2 aliphatic rings. The van der Waals surface area contributed by atoms with Gasteiger partial charge in [0.15, 0.2) is 22.8 Å². The number of hydrogen-bond donors (Lipinski definition) is 1. The average molecular weight is 441 g/mol. The summed E-state index contributed by atoms with van der Waals surface area (Å²) in [5.41, 5.74) is 1.00. The normalized spacial score (nSPS) is 26.2. The minimum atomic E-state index is -2.85. The highest BCUT2D eigenvalue weighted by Crippen LogP contribution is 2.63. The predicted octanol–water partition coefficient (Wildman–Crippen LogP) is 5.31. The second-order valence-electron chi connectivity index (χ2n) is 8.80. The van der Waals surface area contributed by atoms with Crippen LogP contribution >= 0.6 is 0 Å². The third kappa shape index (κ3) is 2.94. The molecule has 2 fully saturated rings. The number of pyridine rings is 2. The minimum absolute atomic E-state index is 0.0156. The first-order valence-corrected chi connectivity index (χ1v) is 10.5. The van der Waals surface area contributed by atoms with E-state index in [1.54, 1.807) is 6.07 Å². The van der Waals surface area contributed by atoms with Gasteiger partial charge in [0.05, 0.1) is 10.9 Å². The number of nitrogens with zero attached hydrogens (tertiary/aromatic N) is 2. The van der Waals surface area contributed by atoms with Gasteiger partial charge in [0, 0.05) is 36.2 Å². The predicted molar refractivity (Wildman–Crippen MR) is 109 cm³/mol. The smallest absolute Gasteiger partial charge is 0.251 e. The fourth-order valence-electron chi connectivity index (χ4n) is 5.86. The van der Waals surface area contributed by atoms with E-state index in [0.717, 1.165) is 6.07 Å². The number of nitrogens with one attached hydrogen (secondary N) is 1. The summed E-state index contributed by atoms with van der Waals surface area (Å²) in [5, 5.41) is 9.40. The standard InChI is InChI=1S/C24H19F4N3O/c1-11-12(2-3-16(25)23(11)26)21-13-4-6-24(27,28)15(13)8-14(21)18-9-20(32)22-17(31-18)5-7-30-19(22)10-29/h2-3,5,7,9,13-15,21H,4,6,8H2,1H3,(H,31,32)/t13-,14+,15-,21-/m1/s1. The summed E-state index contributed by atoms with van der Waals surface area (Å²) >= 11 is 0. The van der Waals surface area contributed by atoms with Crippen molar-refractivity contribution in [3.05, 3.63) is 74.8 Å². The first-order chi connectivity index (χ1) is 15.2. The monoisotopic (exact) mass is 441 g/mol. The molecule has 1 N–H and O–H groups in total. The van der Waals surface area contributed by atoms with Gasteiger partial charge in [-0.15, -0.1) is 0 Å². The van der Waals surface area contributed by atoms with Crippen molar-refractivity contribution in [1.82, 2.24) is 9.97 Å². The fraction of sp³-hybridized carbons (Fsp3) is 0.375. The molecule has 2 aliphatic carbocycles. The van der Waals surface area contributed by atoms with Crippen LogP contribution in [0, 0.1) is 41.7 Å². The molecule has 0 saturated heterocycles. The highest BCUT2D eigenvalue weighted by molar-refractivity contribution is 5.82. The highest BCUT2D eigenvalue weighted by atomic mass is 19.3. The maximum Gasteiger partial charge on any atom is 0.251 e. The molecule has 164 valence electrons. The molecule has 4 nitrogen and oxygen atoms in total. The van der Waals surface area contributed by atoms with Crippen LogP contribution in [0.3, 0.4) is 0 Å². The number of hydrogen-bond acceptors (Lipinski definition) is 3. The van der Waals surface area contributed by atoms with Gasteiger partial charge in [-0.25, -0.2) is 22.5 Å². The van der Waals surface area contributed by atoms with E-state index < -0.39 is 46.7 Å². The van der Waals surface area contributed by atoms with Crippen LogP contribution < -0.4 is 5.43 Å². The van der Waals surface area contributed by atoms with Crippen LogP contribution in [0.15, 0.2) is 35.3 Å². The van der Waals surface area contributed by atoms with Crippen molar-refractivity contribution in [2.45, 2.75) is 43.9 Å². The third-order valence-corrected chi connectivity index (χ3v) is 7.28. The maximum absolute atomic E-state index is 14.7. The summed E-state index contributed by atoms with van der Waals surface area (Å²) < 4.78 is 57.6. The van der Waals surface area contributed by atoms with E-state index in [1.165, 1.54) is 25.3 Å². The molecule has 1 aromatic carbocycles. The van der Waals surface area contributed by atoms with Gasteiger partial charge in [-0.05, 0) is 54.9 Å².